The van der Waals surface area contributed by atoms with E-state index >= 15 is 0 Å². The number of ketones is 1. The van der Waals surface area contributed by atoms with Gasteiger partial charge in [0.1, 0.15) is 24.0 Å². The highest BCUT2D eigenvalue weighted by Gasteiger charge is 2.48. The Morgan fingerprint density at radius 3 is 2.62 bits per heavy atom. The van der Waals surface area contributed by atoms with Gasteiger partial charge in [0, 0.05) is 10.6 Å². The summed E-state index contributed by atoms with van der Waals surface area (Å²) in [6.45, 7) is 2.56. The van der Waals surface area contributed by atoms with Crippen molar-refractivity contribution in [2.24, 2.45) is 0 Å². The molecule has 1 aromatic heterocycles. The highest BCUT2D eigenvalue weighted by molar-refractivity contribution is 7.15. The molecule has 5 rings (SSSR count). The number of carbonyl (C=O) groups is 2. The van der Waals surface area contributed by atoms with Crippen molar-refractivity contribution < 1.29 is 24.2 Å². The number of aromatic nitrogens is 2. The molecule has 3 aromatic rings. The maximum Gasteiger partial charge on any atom is 0.301 e. The number of nitrogens with zero attached hydrogens (tertiary/aromatic N) is 3. The number of hydrogen-bond acceptors (Lipinski definition) is 8. The zero-order valence-electron chi connectivity index (χ0n) is 16.7. The van der Waals surface area contributed by atoms with Gasteiger partial charge in [-0.15, -0.1) is 10.2 Å². The molecule has 0 unspecified atom stereocenters. The van der Waals surface area contributed by atoms with Crippen LogP contribution in [-0.2, 0) is 9.59 Å². The maximum atomic E-state index is 13.1. The molecule has 1 amide bonds. The largest absolute Gasteiger partial charge is 0.507 e. The van der Waals surface area contributed by atoms with Gasteiger partial charge in [0.25, 0.3) is 5.78 Å². The van der Waals surface area contributed by atoms with E-state index in [0.29, 0.717) is 45.9 Å². The van der Waals surface area contributed by atoms with E-state index in [1.54, 1.807) is 49.4 Å². The summed E-state index contributed by atoms with van der Waals surface area (Å²) in [6.07, 6.45) is 0. The number of hydrogen-bond donors (Lipinski definition) is 1. The minimum atomic E-state index is -0.922. The molecule has 162 valence electrons. The fourth-order valence-corrected chi connectivity index (χ4v) is 4.66. The monoisotopic (exact) mass is 469 g/mol. The Bertz CT molecular complexity index is 1290. The molecule has 32 heavy (non-hydrogen) atoms. The number of aliphatic hydroxyl groups excluding tert-OH is 1. The van der Waals surface area contributed by atoms with Crippen molar-refractivity contribution in [3.8, 4) is 11.5 Å². The minimum absolute atomic E-state index is 0.0678. The summed E-state index contributed by atoms with van der Waals surface area (Å²) in [5.74, 6) is -0.952. The van der Waals surface area contributed by atoms with Gasteiger partial charge in [0.05, 0.1) is 11.6 Å². The smallest absolute Gasteiger partial charge is 0.301 e. The Hall–Kier alpha value is -3.43. The molecule has 1 saturated heterocycles. The van der Waals surface area contributed by atoms with Crippen LogP contribution >= 0.6 is 22.9 Å². The summed E-state index contributed by atoms with van der Waals surface area (Å²) in [5.41, 5.74) is 0.818. The van der Waals surface area contributed by atoms with Crippen molar-refractivity contribution in [3.05, 3.63) is 69.2 Å². The summed E-state index contributed by atoms with van der Waals surface area (Å²) >= 11 is 7.37. The van der Waals surface area contributed by atoms with Gasteiger partial charge >= 0.3 is 5.91 Å². The first-order chi connectivity index (χ1) is 15.4. The molecule has 0 radical (unpaired) electrons. The highest BCUT2D eigenvalue weighted by atomic mass is 35.5. The van der Waals surface area contributed by atoms with E-state index in [-0.39, 0.29) is 16.5 Å². The van der Waals surface area contributed by atoms with Gasteiger partial charge in [-0.25, -0.2) is 0 Å². The third-order valence-corrected chi connectivity index (χ3v) is 6.22. The van der Waals surface area contributed by atoms with Crippen LogP contribution in [0.15, 0.2) is 48.0 Å². The summed E-state index contributed by atoms with van der Waals surface area (Å²) in [4.78, 5) is 27.4. The molecule has 8 nitrogen and oxygen atoms in total. The predicted molar refractivity (Wildman–Crippen MR) is 118 cm³/mol. The number of Topliss-reactive ketones (excluding diaryl/α,β-unsaturated/α-hetero) is 1. The van der Waals surface area contributed by atoms with E-state index in [4.69, 9.17) is 21.1 Å². The third-order valence-electron chi connectivity index (χ3n) is 5.15. The van der Waals surface area contributed by atoms with Crippen LogP contribution in [-0.4, -0.2) is 40.2 Å². The molecule has 0 spiro atoms. The number of anilines is 1. The second-order valence-electron chi connectivity index (χ2n) is 7.19. The lowest BCUT2D eigenvalue weighted by atomic mass is 9.95. The molecule has 3 heterocycles. The van der Waals surface area contributed by atoms with Crippen LogP contribution in [0.3, 0.4) is 0 Å². The normalized spacial score (nSPS) is 19.4. The molecule has 1 N–H and O–H groups in total. The summed E-state index contributed by atoms with van der Waals surface area (Å²) in [6, 6.07) is 10.7. The highest BCUT2D eigenvalue weighted by Crippen LogP contribution is 2.44. The van der Waals surface area contributed by atoms with Crippen molar-refractivity contribution in [2.75, 3.05) is 18.1 Å². The lowest BCUT2D eigenvalue weighted by Crippen LogP contribution is -2.29. The molecule has 0 bridgehead atoms. The first-order valence-corrected chi connectivity index (χ1v) is 10.9. The standard InChI is InChI=1S/C22H16ClN3O5S/c1-11-24-25-22(32-11)26-18(12-3-2-4-14(23)9-12)17(20(28)21(26)29)19(27)13-5-6-15-16(10-13)31-8-7-30-15/h2-6,9-10,18,27H,7-8H2,1H3/b19-17+/t18-/m0/s1. The van der Waals surface area contributed by atoms with Crippen molar-refractivity contribution in [1.29, 1.82) is 0 Å². The molecule has 2 aromatic carbocycles. The number of fused-ring (bicyclic) bond motifs is 1. The van der Waals surface area contributed by atoms with Crippen LogP contribution < -0.4 is 14.4 Å². The number of benzene rings is 2. The molecule has 0 aliphatic carbocycles. The molecular formula is C22H16ClN3O5S. The molecule has 2 aliphatic rings. The first-order valence-electron chi connectivity index (χ1n) is 9.70. The molecule has 0 saturated carbocycles. The van der Waals surface area contributed by atoms with Crippen molar-refractivity contribution in [1.82, 2.24) is 10.2 Å². The van der Waals surface area contributed by atoms with Crippen LogP contribution in [0, 0.1) is 6.92 Å². The lowest BCUT2D eigenvalue weighted by molar-refractivity contribution is -0.132. The Morgan fingerprint density at radius 2 is 1.91 bits per heavy atom. The number of amides is 1. The van der Waals surface area contributed by atoms with Crippen LogP contribution in [0.4, 0.5) is 5.13 Å². The van der Waals surface area contributed by atoms with Crippen LogP contribution in [0.5, 0.6) is 11.5 Å². The van der Waals surface area contributed by atoms with Crippen molar-refractivity contribution >= 4 is 45.5 Å². The van der Waals surface area contributed by atoms with Crippen molar-refractivity contribution in [3.63, 3.8) is 0 Å². The zero-order chi connectivity index (χ0) is 22.4. The van der Waals surface area contributed by atoms with Crippen LogP contribution in [0.25, 0.3) is 5.76 Å². The number of ether oxygens (including phenoxy) is 2. The SMILES string of the molecule is Cc1nnc(N2C(=O)C(=O)/C(=C(/O)c3ccc4c(c3)OCCO4)[C@@H]2c2cccc(Cl)c2)s1. The van der Waals surface area contributed by atoms with E-state index in [9.17, 15) is 14.7 Å². The number of aliphatic hydroxyl groups is 1. The van der Waals surface area contributed by atoms with E-state index in [2.05, 4.69) is 10.2 Å². The average Bonchev–Trinajstić information content (AvgIpc) is 3.33. The van der Waals surface area contributed by atoms with E-state index in [1.165, 1.54) is 16.2 Å². The first kappa shape index (κ1) is 20.5. The Balaban J connectivity index is 1.70. The Morgan fingerprint density at radius 1 is 1.12 bits per heavy atom. The fourth-order valence-electron chi connectivity index (χ4n) is 3.75. The third kappa shape index (κ3) is 3.39. The van der Waals surface area contributed by atoms with Gasteiger partial charge in [-0.3, -0.25) is 14.5 Å². The van der Waals surface area contributed by atoms with Crippen LogP contribution in [0.2, 0.25) is 5.02 Å². The van der Waals surface area contributed by atoms with Gasteiger partial charge < -0.3 is 14.6 Å². The second-order valence-corrected chi connectivity index (χ2v) is 8.78. The molecule has 10 heteroatoms. The molecule has 2 aliphatic heterocycles. The van der Waals surface area contributed by atoms with E-state index in [0.717, 1.165) is 0 Å². The molecular weight excluding hydrogens is 454 g/mol. The molecule has 1 fully saturated rings. The van der Waals surface area contributed by atoms with E-state index < -0.39 is 17.7 Å². The van der Waals surface area contributed by atoms with Gasteiger partial charge in [0.2, 0.25) is 5.13 Å². The summed E-state index contributed by atoms with van der Waals surface area (Å²) in [5, 5.41) is 20.6. The second kappa shape index (κ2) is 7.92. The number of halogens is 1. The summed E-state index contributed by atoms with van der Waals surface area (Å²) in [7, 11) is 0. The van der Waals surface area contributed by atoms with Gasteiger partial charge in [-0.05, 0) is 42.8 Å². The van der Waals surface area contributed by atoms with Gasteiger partial charge in [-0.1, -0.05) is 35.1 Å². The quantitative estimate of drug-likeness (QED) is 0.352. The van der Waals surface area contributed by atoms with Crippen molar-refractivity contribution in [2.45, 2.75) is 13.0 Å². The number of rotatable bonds is 3. The fraction of sp³-hybridized carbons (Fsp3) is 0.182. The average molecular weight is 470 g/mol. The number of aryl methyl sites for hydroxylation is 1. The number of carbonyl (C=O) groups excluding carboxylic acids is 2. The van der Waals surface area contributed by atoms with Crippen LogP contribution in [0.1, 0.15) is 22.2 Å². The van der Waals surface area contributed by atoms with E-state index in [1.807, 2.05) is 0 Å². The Labute approximate surface area is 191 Å². The topological polar surface area (TPSA) is 102 Å². The maximum absolute atomic E-state index is 13.1. The zero-order valence-corrected chi connectivity index (χ0v) is 18.3. The van der Waals surface area contributed by atoms with Gasteiger partial charge in [0.15, 0.2) is 11.5 Å². The predicted octanol–water partition coefficient (Wildman–Crippen LogP) is 3.90. The molecule has 1 atom stereocenters. The minimum Gasteiger partial charge on any atom is -0.507 e. The Kier molecular flexibility index (Phi) is 5.07. The van der Waals surface area contributed by atoms with Gasteiger partial charge in [-0.2, -0.15) is 0 Å². The lowest BCUT2D eigenvalue weighted by Gasteiger charge is -2.23. The summed E-state index contributed by atoms with van der Waals surface area (Å²) < 4.78 is 11.1.